The predicted octanol–water partition coefficient (Wildman–Crippen LogP) is 1.81. The number of hydrogen-bond donors (Lipinski definition) is 1. The Morgan fingerprint density at radius 1 is 1.40 bits per heavy atom. The number of carbonyl (C=O) groups excluding carboxylic acids is 1. The van der Waals surface area contributed by atoms with Crippen LogP contribution in [0.1, 0.15) is 6.42 Å². The zero-order valence-corrected chi connectivity index (χ0v) is 11.0. The van der Waals surface area contributed by atoms with Crippen LogP contribution in [0, 0.1) is 16.0 Å². The van der Waals surface area contributed by atoms with Crippen molar-refractivity contribution in [3.63, 3.8) is 0 Å². The summed E-state index contributed by atoms with van der Waals surface area (Å²) in [5.74, 6) is -0.371. The van der Waals surface area contributed by atoms with Crippen LogP contribution < -0.4 is 5.32 Å². The van der Waals surface area contributed by atoms with E-state index in [0.717, 1.165) is 17.1 Å². The Balaban J connectivity index is 1.67. The summed E-state index contributed by atoms with van der Waals surface area (Å²) in [6, 6.07) is 8.63. The fourth-order valence-electron chi connectivity index (χ4n) is 1.87. The van der Waals surface area contributed by atoms with Gasteiger partial charge in [-0.25, -0.2) is 0 Å². The van der Waals surface area contributed by atoms with E-state index in [9.17, 15) is 14.9 Å². The topological polar surface area (TPSA) is 98.0 Å². The summed E-state index contributed by atoms with van der Waals surface area (Å²) in [4.78, 5) is 26.1. The van der Waals surface area contributed by atoms with Gasteiger partial charge in [-0.05, 0) is 0 Å². The number of anilines is 1. The van der Waals surface area contributed by atoms with Crippen LogP contribution >= 0.6 is 11.5 Å². The first-order valence-corrected chi connectivity index (χ1v) is 6.76. The maximum atomic E-state index is 11.8. The molecule has 0 bridgehead atoms. The Labute approximate surface area is 118 Å². The fourth-order valence-corrected chi connectivity index (χ4v) is 2.47. The van der Waals surface area contributed by atoms with Crippen molar-refractivity contribution in [2.24, 2.45) is 5.92 Å². The maximum Gasteiger partial charge on any atom is 0.236 e. The summed E-state index contributed by atoms with van der Waals surface area (Å²) < 4.78 is 4.16. The minimum atomic E-state index is -0.753. The zero-order chi connectivity index (χ0) is 14.1. The summed E-state index contributed by atoms with van der Waals surface area (Å²) >= 11 is 1.06. The molecule has 8 heteroatoms. The van der Waals surface area contributed by atoms with E-state index in [1.807, 2.05) is 30.3 Å². The van der Waals surface area contributed by atoms with Crippen LogP contribution in [0.4, 0.5) is 5.13 Å². The smallest absolute Gasteiger partial charge is 0.236 e. The molecule has 1 aromatic carbocycles. The average Bonchev–Trinajstić information content (AvgIpc) is 3.14. The molecule has 1 N–H and O–H groups in total. The lowest BCUT2D eigenvalue weighted by molar-refractivity contribution is -0.497. The molecule has 0 saturated heterocycles. The minimum Gasteiger partial charge on any atom is -0.300 e. The third-order valence-electron chi connectivity index (χ3n) is 3.05. The van der Waals surface area contributed by atoms with Gasteiger partial charge in [-0.3, -0.25) is 14.9 Å². The number of carbonyl (C=O) groups is 1. The van der Waals surface area contributed by atoms with E-state index in [-0.39, 0.29) is 5.91 Å². The van der Waals surface area contributed by atoms with E-state index in [1.54, 1.807) is 0 Å². The quantitative estimate of drug-likeness (QED) is 0.684. The van der Waals surface area contributed by atoms with E-state index in [1.165, 1.54) is 0 Å². The lowest BCUT2D eigenvalue weighted by Crippen LogP contribution is -2.18. The van der Waals surface area contributed by atoms with Crippen LogP contribution in [0.25, 0.3) is 11.4 Å². The van der Waals surface area contributed by atoms with Crippen LogP contribution in [0.2, 0.25) is 0 Å². The van der Waals surface area contributed by atoms with Crippen molar-refractivity contribution in [1.82, 2.24) is 9.36 Å². The van der Waals surface area contributed by atoms with Gasteiger partial charge in [0.2, 0.25) is 17.1 Å². The third kappa shape index (κ3) is 2.50. The Morgan fingerprint density at radius 3 is 2.80 bits per heavy atom. The summed E-state index contributed by atoms with van der Waals surface area (Å²) in [5, 5.41) is 13.5. The molecule has 1 heterocycles. The van der Waals surface area contributed by atoms with E-state index in [0.29, 0.717) is 17.4 Å². The van der Waals surface area contributed by atoms with Crippen molar-refractivity contribution in [2.75, 3.05) is 5.32 Å². The second kappa shape index (κ2) is 4.97. The molecule has 102 valence electrons. The maximum absolute atomic E-state index is 11.8. The van der Waals surface area contributed by atoms with Crippen molar-refractivity contribution in [3.05, 3.63) is 40.4 Å². The van der Waals surface area contributed by atoms with E-state index >= 15 is 0 Å². The van der Waals surface area contributed by atoms with Gasteiger partial charge in [0.05, 0.1) is 0 Å². The molecule has 0 aliphatic heterocycles. The minimum absolute atomic E-state index is 0.295. The molecule has 1 aliphatic carbocycles. The molecular weight excluding hydrogens is 280 g/mol. The van der Waals surface area contributed by atoms with Crippen molar-refractivity contribution in [1.29, 1.82) is 0 Å². The van der Waals surface area contributed by atoms with Crippen molar-refractivity contribution >= 4 is 22.6 Å². The Bertz CT molecular complexity index is 658. The second-order valence-electron chi connectivity index (χ2n) is 4.47. The number of nitro groups is 1. The number of aromatic nitrogens is 2. The molecule has 0 radical (unpaired) electrons. The summed E-state index contributed by atoms with van der Waals surface area (Å²) in [6.45, 7) is 0. The van der Waals surface area contributed by atoms with Gasteiger partial charge in [-0.15, -0.1) is 0 Å². The second-order valence-corrected chi connectivity index (χ2v) is 5.23. The highest BCUT2D eigenvalue weighted by molar-refractivity contribution is 7.10. The number of rotatable bonds is 4. The van der Waals surface area contributed by atoms with Crippen LogP contribution in [0.15, 0.2) is 30.3 Å². The lowest BCUT2D eigenvalue weighted by atomic mass is 10.2. The van der Waals surface area contributed by atoms with E-state index in [2.05, 4.69) is 14.7 Å². The average molecular weight is 290 g/mol. The highest BCUT2D eigenvalue weighted by Crippen LogP contribution is 2.34. The monoisotopic (exact) mass is 290 g/mol. The first-order chi connectivity index (χ1) is 9.65. The van der Waals surface area contributed by atoms with Gasteiger partial charge in [-0.1, -0.05) is 30.3 Å². The molecule has 1 fully saturated rings. The van der Waals surface area contributed by atoms with E-state index in [4.69, 9.17) is 0 Å². The number of benzene rings is 1. The predicted molar refractivity (Wildman–Crippen MR) is 72.9 cm³/mol. The first kappa shape index (κ1) is 12.7. The van der Waals surface area contributed by atoms with Gasteiger partial charge in [0.1, 0.15) is 5.92 Å². The van der Waals surface area contributed by atoms with Crippen LogP contribution in [0.5, 0.6) is 0 Å². The number of nitrogens with one attached hydrogen (secondary N) is 1. The normalized spacial score (nSPS) is 20.4. The van der Waals surface area contributed by atoms with Gasteiger partial charge in [-0.2, -0.15) is 9.36 Å². The van der Waals surface area contributed by atoms with Crippen molar-refractivity contribution in [2.45, 2.75) is 12.5 Å². The van der Waals surface area contributed by atoms with Crippen molar-refractivity contribution in [3.8, 4) is 11.4 Å². The number of hydrogen-bond acceptors (Lipinski definition) is 6. The largest absolute Gasteiger partial charge is 0.300 e. The standard InChI is InChI=1S/C12H10N4O3S/c17-11(8-6-9(8)16(18)19)14-12-13-10(15-20-12)7-4-2-1-3-5-7/h1-5,8-9H,6H2,(H,13,14,15,17)/t8-,9+/m1/s1. The highest BCUT2D eigenvalue weighted by atomic mass is 32.1. The van der Waals surface area contributed by atoms with Crippen LogP contribution in [-0.2, 0) is 4.79 Å². The number of amides is 1. The molecule has 7 nitrogen and oxygen atoms in total. The van der Waals surface area contributed by atoms with Gasteiger partial charge < -0.3 is 5.32 Å². The molecule has 2 aromatic rings. The van der Waals surface area contributed by atoms with Crippen LogP contribution in [0.3, 0.4) is 0 Å². The zero-order valence-electron chi connectivity index (χ0n) is 10.2. The molecule has 1 aliphatic rings. The SMILES string of the molecule is O=C(Nc1nc(-c2ccccc2)ns1)[C@@H]1C[C@@H]1[N+](=O)[O-]. The molecule has 3 rings (SSSR count). The number of nitrogens with zero attached hydrogens (tertiary/aromatic N) is 3. The molecule has 20 heavy (non-hydrogen) atoms. The first-order valence-electron chi connectivity index (χ1n) is 5.98. The Kier molecular flexibility index (Phi) is 3.15. The van der Waals surface area contributed by atoms with Gasteiger partial charge in [0, 0.05) is 28.4 Å². The lowest BCUT2D eigenvalue weighted by Gasteiger charge is -1.97. The Hall–Kier alpha value is -2.35. The van der Waals surface area contributed by atoms with Gasteiger partial charge >= 0.3 is 0 Å². The molecule has 1 saturated carbocycles. The van der Waals surface area contributed by atoms with Crippen molar-refractivity contribution < 1.29 is 9.72 Å². The Morgan fingerprint density at radius 2 is 2.15 bits per heavy atom. The van der Waals surface area contributed by atoms with Gasteiger partial charge in [0.25, 0.3) is 0 Å². The molecule has 2 atom stereocenters. The summed E-state index contributed by atoms with van der Waals surface area (Å²) in [5.41, 5.74) is 0.860. The summed E-state index contributed by atoms with van der Waals surface area (Å²) in [6.07, 6.45) is 0.295. The van der Waals surface area contributed by atoms with Gasteiger partial charge in [0.15, 0.2) is 5.82 Å². The molecule has 1 aromatic heterocycles. The highest BCUT2D eigenvalue weighted by Gasteiger charge is 2.53. The molecule has 0 spiro atoms. The molecule has 1 amide bonds. The molecule has 0 unspecified atom stereocenters. The van der Waals surface area contributed by atoms with E-state index < -0.39 is 16.9 Å². The van der Waals surface area contributed by atoms with Crippen LogP contribution in [-0.4, -0.2) is 26.2 Å². The fraction of sp³-hybridized carbons (Fsp3) is 0.250. The third-order valence-corrected chi connectivity index (χ3v) is 3.68. The molecular formula is C12H10N4O3S. The summed E-state index contributed by atoms with van der Waals surface area (Å²) in [7, 11) is 0.